The van der Waals surface area contributed by atoms with Crippen LogP contribution in [0.2, 0.25) is 0 Å². The number of hydrogen-bond acceptors (Lipinski definition) is 4. The minimum Gasteiger partial charge on any atom is -0.480 e. The van der Waals surface area contributed by atoms with Gasteiger partial charge in [0.25, 0.3) is 0 Å². The van der Waals surface area contributed by atoms with Crippen molar-refractivity contribution in [3.63, 3.8) is 0 Å². The molecule has 12 heavy (non-hydrogen) atoms. The summed E-state index contributed by atoms with van der Waals surface area (Å²) in [5.74, 6) is -0.988. The van der Waals surface area contributed by atoms with E-state index in [1.54, 1.807) is 6.20 Å². The molecule has 0 bridgehead atoms. The quantitative estimate of drug-likeness (QED) is 0.545. The Labute approximate surface area is 68.8 Å². The summed E-state index contributed by atoms with van der Waals surface area (Å²) in [6.45, 7) is 0. The Bertz CT molecular complexity index is 246. The van der Waals surface area contributed by atoms with Crippen LogP contribution in [0.4, 0.5) is 0 Å². The van der Waals surface area contributed by atoms with E-state index in [2.05, 4.69) is 15.4 Å². The number of aryl methyl sites for hydroxylation is 1. The number of carbonyl (C=O) groups is 1. The Morgan fingerprint density at radius 2 is 2.58 bits per heavy atom. The average Bonchev–Trinajstić information content (AvgIpc) is 2.51. The standard InChI is InChI=1S/C6H10N4O2/c7-5(6(11)12)2-1-4-3-8-10-9-4/h3,5H,1-2,7H2,(H,11,12)(H,8,9,10). The smallest absolute Gasteiger partial charge is 0.320 e. The molecule has 1 aromatic rings. The summed E-state index contributed by atoms with van der Waals surface area (Å²) in [6, 6.07) is -0.818. The molecule has 1 aromatic heterocycles. The Kier molecular flexibility index (Phi) is 2.76. The summed E-state index contributed by atoms with van der Waals surface area (Å²) < 4.78 is 0. The minimum absolute atomic E-state index is 0.377. The lowest BCUT2D eigenvalue weighted by atomic mass is 10.1. The van der Waals surface area contributed by atoms with Gasteiger partial charge in [0.1, 0.15) is 6.04 Å². The Balaban J connectivity index is 2.31. The summed E-state index contributed by atoms with van der Waals surface area (Å²) in [5, 5.41) is 18.2. The normalized spacial score (nSPS) is 12.8. The fourth-order valence-corrected chi connectivity index (χ4v) is 0.773. The molecule has 0 spiro atoms. The second kappa shape index (κ2) is 3.82. The number of aromatic nitrogens is 3. The summed E-state index contributed by atoms with van der Waals surface area (Å²) in [7, 11) is 0. The fraction of sp³-hybridized carbons (Fsp3) is 0.500. The number of nitrogens with zero attached hydrogens (tertiary/aromatic N) is 2. The lowest BCUT2D eigenvalue weighted by Crippen LogP contribution is -2.30. The van der Waals surface area contributed by atoms with Crippen LogP contribution in [-0.2, 0) is 11.2 Å². The predicted octanol–water partition coefficient (Wildman–Crippen LogP) is -0.851. The Morgan fingerprint density at radius 1 is 1.83 bits per heavy atom. The Morgan fingerprint density at radius 3 is 3.08 bits per heavy atom. The molecule has 1 unspecified atom stereocenters. The van der Waals surface area contributed by atoms with E-state index in [-0.39, 0.29) is 0 Å². The van der Waals surface area contributed by atoms with Crippen LogP contribution in [0.5, 0.6) is 0 Å². The van der Waals surface area contributed by atoms with Crippen LogP contribution in [0.15, 0.2) is 6.20 Å². The van der Waals surface area contributed by atoms with E-state index in [1.165, 1.54) is 0 Å². The van der Waals surface area contributed by atoms with E-state index in [0.717, 1.165) is 5.69 Å². The van der Waals surface area contributed by atoms with Crippen molar-refractivity contribution in [2.45, 2.75) is 18.9 Å². The number of carboxylic acid groups (broad SMARTS) is 1. The highest BCUT2D eigenvalue weighted by Gasteiger charge is 2.11. The van der Waals surface area contributed by atoms with Crippen LogP contribution in [-0.4, -0.2) is 32.5 Å². The number of H-pyrrole nitrogens is 1. The monoisotopic (exact) mass is 170 g/mol. The molecular weight excluding hydrogens is 160 g/mol. The predicted molar refractivity (Wildman–Crippen MR) is 40.3 cm³/mol. The zero-order chi connectivity index (χ0) is 8.97. The average molecular weight is 170 g/mol. The maximum Gasteiger partial charge on any atom is 0.320 e. The molecule has 0 saturated heterocycles. The van der Waals surface area contributed by atoms with E-state index in [4.69, 9.17) is 10.8 Å². The number of hydrogen-bond donors (Lipinski definition) is 3. The first-order valence-electron chi connectivity index (χ1n) is 3.53. The summed E-state index contributed by atoms with van der Waals surface area (Å²) in [5.41, 5.74) is 6.00. The van der Waals surface area contributed by atoms with E-state index in [0.29, 0.717) is 12.8 Å². The molecule has 0 aromatic carbocycles. The molecule has 0 radical (unpaired) electrons. The third-order valence-corrected chi connectivity index (χ3v) is 1.49. The number of aliphatic carboxylic acids is 1. The van der Waals surface area contributed by atoms with E-state index in [9.17, 15) is 4.79 Å². The fourth-order valence-electron chi connectivity index (χ4n) is 0.773. The van der Waals surface area contributed by atoms with Crippen LogP contribution in [0.1, 0.15) is 12.1 Å². The number of nitrogens with one attached hydrogen (secondary N) is 1. The largest absolute Gasteiger partial charge is 0.480 e. The molecule has 0 aliphatic heterocycles. The van der Waals surface area contributed by atoms with Gasteiger partial charge in [-0.1, -0.05) is 0 Å². The third-order valence-electron chi connectivity index (χ3n) is 1.49. The molecule has 6 nitrogen and oxygen atoms in total. The first kappa shape index (κ1) is 8.66. The molecule has 0 aliphatic rings. The van der Waals surface area contributed by atoms with Gasteiger partial charge >= 0.3 is 5.97 Å². The molecular formula is C6H10N4O2. The summed E-state index contributed by atoms with van der Waals surface area (Å²) in [6.07, 6.45) is 2.46. The third kappa shape index (κ3) is 2.31. The van der Waals surface area contributed by atoms with Crippen molar-refractivity contribution in [3.8, 4) is 0 Å². The van der Waals surface area contributed by atoms with Gasteiger partial charge in [-0.2, -0.15) is 15.4 Å². The van der Waals surface area contributed by atoms with Gasteiger partial charge in [-0.15, -0.1) is 0 Å². The van der Waals surface area contributed by atoms with Gasteiger partial charge in [-0.25, -0.2) is 0 Å². The van der Waals surface area contributed by atoms with Crippen molar-refractivity contribution in [2.24, 2.45) is 5.73 Å². The van der Waals surface area contributed by atoms with Crippen molar-refractivity contribution in [1.82, 2.24) is 15.4 Å². The maximum absolute atomic E-state index is 10.3. The van der Waals surface area contributed by atoms with Gasteiger partial charge < -0.3 is 10.8 Å². The van der Waals surface area contributed by atoms with Gasteiger partial charge in [-0.3, -0.25) is 4.79 Å². The molecule has 0 fully saturated rings. The highest BCUT2D eigenvalue weighted by atomic mass is 16.4. The van der Waals surface area contributed by atoms with Crippen LogP contribution in [0.3, 0.4) is 0 Å². The van der Waals surface area contributed by atoms with E-state index < -0.39 is 12.0 Å². The molecule has 0 saturated carbocycles. The topological polar surface area (TPSA) is 105 Å². The van der Waals surface area contributed by atoms with Crippen LogP contribution < -0.4 is 5.73 Å². The second-order valence-corrected chi connectivity index (χ2v) is 2.44. The SMILES string of the molecule is NC(CCc1cn[nH]n1)C(=O)O. The summed E-state index contributed by atoms with van der Waals surface area (Å²) in [4.78, 5) is 10.3. The zero-order valence-corrected chi connectivity index (χ0v) is 6.40. The van der Waals surface area contributed by atoms with Crippen molar-refractivity contribution in [2.75, 3.05) is 0 Å². The molecule has 0 aliphatic carbocycles. The molecule has 66 valence electrons. The lowest BCUT2D eigenvalue weighted by molar-refractivity contribution is -0.138. The number of nitrogens with two attached hydrogens (primary N) is 1. The van der Waals surface area contributed by atoms with Crippen molar-refractivity contribution in [1.29, 1.82) is 0 Å². The minimum atomic E-state index is -0.988. The van der Waals surface area contributed by atoms with E-state index >= 15 is 0 Å². The van der Waals surface area contributed by atoms with Crippen LogP contribution in [0.25, 0.3) is 0 Å². The zero-order valence-electron chi connectivity index (χ0n) is 6.40. The molecule has 1 rings (SSSR count). The van der Waals surface area contributed by atoms with Gasteiger partial charge in [0, 0.05) is 0 Å². The maximum atomic E-state index is 10.3. The van der Waals surface area contributed by atoms with Crippen molar-refractivity contribution in [3.05, 3.63) is 11.9 Å². The van der Waals surface area contributed by atoms with Gasteiger partial charge in [0.2, 0.25) is 0 Å². The molecule has 6 heteroatoms. The molecule has 1 atom stereocenters. The Hall–Kier alpha value is -1.43. The van der Waals surface area contributed by atoms with Crippen LogP contribution in [0, 0.1) is 0 Å². The number of aromatic amines is 1. The first-order valence-corrected chi connectivity index (χ1v) is 3.53. The number of rotatable bonds is 4. The van der Waals surface area contributed by atoms with Gasteiger partial charge in [0.05, 0.1) is 11.9 Å². The summed E-state index contributed by atoms with van der Waals surface area (Å²) >= 11 is 0. The molecule has 0 amide bonds. The highest BCUT2D eigenvalue weighted by molar-refractivity contribution is 5.72. The van der Waals surface area contributed by atoms with Crippen molar-refractivity contribution < 1.29 is 9.90 Å². The van der Waals surface area contributed by atoms with E-state index in [1.807, 2.05) is 0 Å². The first-order chi connectivity index (χ1) is 5.70. The molecule has 4 N–H and O–H groups in total. The highest BCUT2D eigenvalue weighted by Crippen LogP contribution is 1.98. The van der Waals surface area contributed by atoms with Crippen LogP contribution >= 0.6 is 0 Å². The van der Waals surface area contributed by atoms with Crippen molar-refractivity contribution >= 4 is 5.97 Å². The lowest BCUT2D eigenvalue weighted by Gasteiger charge is -2.02. The van der Waals surface area contributed by atoms with Gasteiger partial charge in [0.15, 0.2) is 0 Å². The number of carboxylic acids is 1. The van der Waals surface area contributed by atoms with Gasteiger partial charge in [-0.05, 0) is 12.8 Å². The second-order valence-electron chi connectivity index (χ2n) is 2.44. The molecule has 1 heterocycles.